The summed E-state index contributed by atoms with van der Waals surface area (Å²) in [5.41, 5.74) is 6.91. The van der Waals surface area contributed by atoms with Crippen LogP contribution in [0.2, 0.25) is 0 Å². The molecular formula is C12H19N7. The van der Waals surface area contributed by atoms with E-state index in [1.54, 1.807) is 4.68 Å². The van der Waals surface area contributed by atoms with Gasteiger partial charge >= 0.3 is 0 Å². The maximum Gasteiger partial charge on any atom is 0.245 e. The summed E-state index contributed by atoms with van der Waals surface area (Å²) < 4.78 is 1.75. The Morgan fingerprint density at radius 3 is 3.05 bits per heavy atom. The van der Waals surface area contributed by atoms with E-state index in [-0.39, 0.29) is 12.1 Å². The molecule has 3 heterocycles. The molecule has 0 spiro atoms. The molecule has 1 fully saturated rings. The number of nitrogens with zero attached hydrogens (tertiary/aromatic N) is 5. The van der Waals surface area contributed by atoms with E-state index in [1.165, 1.54) is 0 Å². The van der Waals surface area contributed by atoms with Gasteiger partial charge in [-0.25, -0.2) is 0 Å². The largest absolute Gasteiger partial charge is 0.335 e. The van der Waals surface area contributed by atoms with Gasteiger partial charge in [-0.1, -0.05) is 0 Å². The number of hydrogen-bond acceptors (Lipinski definition) is 5. The molecule has 0 bridgehead atoms. The molecule has 3 N–H and O–H groups in total. The Morgan fingerprint density at radius 2 is 2.32 bits per heavy atom. The van der Waals surface area contributed by atoms with Crippen LogP contribution in [-0.2, 0) is 7.05 Å². The van der Waals surface area contributed by atoms with Gasteiger partial charge in [-0.2, -0.15) is 10.1 Å². The lowest BCUT2D eigenvalue weighted by molar-refractivity contribution is 0.416. The average Bonchev–Trinajstić information content (AvgIpc) is 3.01. The summed E-state index contributed by atoms with van der Waals surface area (Å²) in [7, 11) is 1.88. The van der Waals surface area contributed by atoms with Crippen molar-refractivity contribution in [2.75, 3.05) is 11.4 Å². The van der Waals surface area contributed by atoms with Crippen molar-refractivity contribution in [1.82, 2.24) is 25.0 Å². The Morgan fingerprint density at radius 1 is 1.47 bits per heavy atom. The quantitative estimate of drug-likeness (QED) is 0.822. The standard InChI is InChI=1S/C12H19N7/c1-8-9(13)4-3-6-19(8)12-14-11(15-16-12)10-5-7-18(2)17-10/h5,7-9H,3-4,6,13H2,1-2H3,(H,14,15,16). The summed E-state index contributed by atoms with van der Waals surface area (Å²) in [4.78, 5) is 6.69. The number of hydrogen-bond donors (Lipinski definition) is 2. The molecular weight excluding hydrogens is 242 g/mol. The molecule has 0 saturated carbocycles. The van der Waals surface area contributed by atoms with Crippen molar-refractivity contribution in [2.24, 2.45) is 12.8 Å². The second kappa shape index (κ2) is 4.65. The van der Waals surface area contributed by atoms with Crippen molar-refractivity contribution < 1.29 is 0 Å². The first kappa shape index (κ1) is 12.2. The molecule has 2 aromatic rings. The van der Waals surface area contributed by atoms with Crippen LogP contribution in [0.25, 0.3) is 11.5 Å². The van der Waals surface area contributed by atoms with Crippen LogP contribution < -0.4 is 10.6 Å². The smallest absolute Gasteiger partial charge is 0.245 e. The van der Waals surface area contributed by atoms with Gasteiger partial charge in [-0.3, -0.25) is 9.78 Å². The molecule has 1 aliphatic heterocycles. The second-order valence-corrected chi connectivity index (χ2v) is 5.10. The van der Waals surface area contributed by atoms with E-state index in [0.717, 1.165) is 25.1 Å². The van der Waals surface area contributed by atoms with Crippen LogP contribution in [-0.4, -0.2) is 43.6 Å². The van der Waals surface area contributed by atoms with E-state index in [1.807, 2.05) is 19.3 Å². The van der Waals surface area contributed by atoms with Crippen LogP contribution >= 0.6 is 0 Å². The monoisotopic (exact) mass is 261 g/mol. The summed E-state index contributed by atoms with van der Waals surface area (Å²) in [6.45, 7) is 3.08. The Bertz CT molecular complexity index is 558. The fourth-order valence-corrected chi connectivity index (χ4v) is 2.49. The number of aromatic nitrogens is 5. The normalized spacial score (nSPS) is 23.8. The zero-order valence-corrected chi connectivity index (χ0v) is 11.2. The molecule has 7 heteroatoms. The summed E-state index contributed by atoms with van der Waals surface area (Å²) in [5.74, 6) is 1.41. The van der Waals surface area contributed by atoms with Gasteiger partial charge < -0.3 is 10.6 Å². The lowest BCUT2D eigenvalue weighted by atomic mass is 9.99. The first-order valence-corrected chi connectivity index (χ1v) is 6.60. The summed E-state index contributed by atoms with van der Waals surface area (Å²) in [6.07, 6.45) is 4.03. The zero-order valence-electron chi connectivity index (χ0n) is 11.2. The fourth-order valence-electron chi connectivity index (χ4n) is 2.49. The van der Waals surface area contributed by atoms with Gasteiger partial charge in [0.25, 0.3) is 0 Å². The first-order valence-electron chi connectivity index (χ1n) is 6.60. The third-order valence-electron chi connectivity index (χ3n) is 3.73. The molecule has 7 nitrogen and oxygen atoms in total. The van der Waals surface area contributed by atoms with Crippen LogP contribution in [0.15, 0.2) is 12.3 Å². The molecule has 0 aliphatic carbocycles. The van der Waals surface area contributed by atoms with Gasteiger partial charge in [0, 0.05) is 31.9 Å². The number of aryl methyl sites for hydroxylation is 1. The highest BCUT2D eigenvalue weighted by molar-refractivity contribution is 5.50. The van der Waals surface area contributed by atoms with Crippen molar-refractivity contribution in [3.8, 4) is 11.5 Å². The Labute approximate surface area is 111 Å². The molecule has 19 heavy (non-hydrogen) atoms. The van der Waals surface area contributed by atoms with Crippen molar-refractivity contribution in [1.29, 1.82) is 0 Å². The second-order valence-electron chi connectivity index (χ2n) is 5.10. The maximum atomic E-state index is 6.10. The van der Waals surface area contributed by atoms with Crippen molar-refractivity contribution in [2.45, 2.75) is 31.8 Å². The third kappa shape index (κ3) is 2.21. The number of nitrogens with two attached hydrogens (primary N) is 1. The van der Waals surface area contributed by atoms with E-state index < -0.39 is 0 Å². The first-order chi connectivity index (χ1) is 9.15. The number of anilines is 1. The third-order valence-corrected chi connectivity index (χ3v) is 3.73. The minimum absolute atomic E-state index is 0.186. The fraction of sp³-hybridized carbons (Fsp3) is 0.583. The van der Waals surface area contributed by atoms with Crippen LogP contribution in [0.1, 0.15) is 19.8 Å². The van der Waals surface area contributed by atoms with E-state index >= 15 is 0 Å². The molecule has 1 aliphatic rings. The highest BCUT2D eigenvalue weighted by atomic mass is 15.4. The van der Waals surface area contributed by atoms with Gasteiger partial charge in [-0.15, -0.1) is 5.10 Å². The lowest BCUT2D eigenvalue weighted by Crippen LogP contribution is -2.50. The molecule has 3 rings (SSSR count). The van der Waals surface area contributed by atoms with Crippen molar-refractivity contribution >= 4 is 5.95 Å². The number of rotatable bonds is 2. The summed E-state index contributed by atoms with van der Waals surface area (Å²) in [5, 5.41) is 11.6. The number of nitrogens with one attached hydrogen (secondary N) is 1. The molecule has 1 saturated heterocycles. The molecule has 2 aromatic heterocycles. The molecule has 0 amide bonds. The summed E-state index contributed by atoms with van der Waals surface area (Å²) >= 11 is 0. The Balaban J connectivity index is 1.84. The topological polar surface area (TPSA) is 88.6 Å². The highest BCUT2D eigenvalue weighted by Crippen LogP contribution is 2.22. The minimum atomic E-state index is 0.186. The number of H-pyrrole nitrogens is 1. The van der Waals surface area contributed by atoms with Gasteiger partial charge in [0.15, 0.2) is 5.82 Å². The van der Waals surface area contributed by atoms with E-state index in [0.29, 0.717) is 11.8 Å². The predicted octanol–water partition coefficient (Wildman–Crippen LogP) is 0.521. The van der Waals surface area contributed by atoms with Gasteiger partial charge in [-0.05, 0) is 25.8 Å². The lowest BCUT2D eigenvalue weighted by Gasteiger charge is -2.36. The zero-order chi connectivity index (χ0) is 13.4. The van der Waals surface area contributed by atoms with E-state index in [2.05, 4.69) is 32.1 Å². The average molecular weight is 261 g/mol. The SMILES string of the molecule is CC1C(N)CCCN1c1n[nH]c(-c2ccn(C)n2)n1. The summed E-state index contributed by atoms with van der Waals surface area (Å²) in [6, 6.07) is 2.36. The van der Waals surface area contributed by atoms with Crippen molar-refractivity contribution in [3.05, 3.63) is 12.3 Å². The van der Waals surface area contributed by atoms with Crippen molar-refractivity contribution in [3.63, 3.8) is 0 Å². The minimum Gasteiger partial charge on any atom is -0.335 e. The van der Waals surface area contributed by atoms with Crippen LogP contribution in [0.5, 0.6) is 0 Å². The Hall–Kier alpha value is -1.89. The van der Waals surface area contributed by atoms with Gasteiger partial charge in [0.1, 0.15) is 5.69 Å². The highest BCUT2D eigenvalue weighted by Gasteiger charge is 2.27. The van der Waals surface area contributed by atoms with Gasteiger partial charge in [0.2, 0.25) is 5.95 Å². The predicted molar refractivity (Wildman–Crippen MR) is 72.6 cm³/mol. The number of piperidine rings is 1. The maximum absolute atomic E-state index is 6.10. The molecule has 2 atom stereocenters. The molecule has 102 valence electrons. The molecule has 0 aromatic carbocycles. The number of aromatic amines is 1. The van der Waals surface area contributed by atoms with Crippen LogP contribution in [0, 0.1) is 0 Å². The van der Waals surface area contributed by atoms with Crippen LogP contribution in [0.4, 0.5) is 5.95 Å². The van der Waals surface area contributed by atoms with E-state index in [9.17, 15) is 0 Å². The van der Waals surface area contributed by atoms with E-state index in [4.69, 9.17) is 5.73 Å². The molecule has 2 unspecified atom stereocenters. The molecule has 0 radical (unpaired) electrons. The Kier molecular flexibility index (Phi) is 2.98. The van der Waals surface area contributed by atoms with Crippen LogP contribution in [0.3, 0.4) is 0 Å². The van der Waals surface area contributed by atoms with Gasteiger partial charge in [0.05, 0.1) is 0 Å².